The molecule has 1 aromatic carbocycles. The van der Waals surface area contributed by atoms with Crippen molar-refractivity contribution in [2.24, 2.45) is 11.1 Å². The maximum absolute atomic E-state index is 11.4. The number of oxime groups is 1. The lowest BCUT2D eigenvalue weighted by Crippen LogP contribution is -2.28. The number of nitrogens with one attached hydrogen (secondary N) is 1. The number of carbonyl (C=O) groups excluding carboxylic acids is 1. The minimum absolute atomic E-state index is 0.0565. The first-order valence-corrected chi connectivity index (χ1v) is 7.05. The van der Waals surface area contributed by atoms with Gasteiger partial charge in [-0.15, -0.1) is 0 Å². The number of benzene rings is 1. The highest BCUT2D eigenvalue weighted by molar-refractivity contribution is 9.10. The number of rotatable bonds is 7. The van der Waals surface area contributed by atoms with Crippen LogP contribution in [0, 0.1) is 5.92 Å². The first-order chi connectivity index (χ1) is 9.09. The lowest BCUT2D eigenvalue weighted by atomic mass is 10.1. The van der Waals surface area contributed by atoms with Crippen LogP contribution in [0.3, 0.4) is 0 Å². The molecule has 0 unspecified atom stereocenters. The molecule has 1 rings (SSSR count). The quantitative estimate of drug-likeness (QED) is 0.618. The minimum atomic E-state index is -0.148. The van der Waals surface area contributed by atoms with Crippen molar-refractivity contribution in [2.45, 2.75) is 20.3 Å². The number of halogens is 1. The van der Waals surface area contributed by atoms with E-state index in [1.165, 1.54) is 0 Å². The average molecular weight is 327 g/mol. The molecule has 0 spiro atoms. The van der Waals surface area contributed by atoms with Crippen LogP contribution < -0.4 is 5.32 Å². The summed E-state index contributed by atoms with van der Waals surface area (Å²) < 4.78 is 0.934. The molecule has 1 amide bonds. The van der Waals surface area contributed by atoms with E-state index in [1.807, 2.05) is 24.3 Å². The topological polar surface area (TPSA) is 50.7 Å². The van der Waals surface area contributed by atoms with Crippen LogP contribution in [0.2, 0.25) is 0 Å². The lowest BCUT2D eigenvalue weighted by molar-refractivity contribution is -0.125. The van der Waals surface area contributed by atoms with Crippen molar-refractivity contribution in [2.75, 3.05) is 13.2 Å². The summed E-state index contributed by atoms with van der Waals surface area (Å²) in [6.07, 6.45) is 2.54. The molecule has 0 saturated carbocycles. The largest absolute Gasteiger partial charge is 0.386 e. The van der Waals surface area contributed by atoms with E-state index in [1.54, 1.807) is 6.21 Å². The van der Waals surface area contributed by atoms with E-state index in [9.17, 15) is 4.79 Å². The summed E-state index contributed by atoms with van der Waals surface area (Å²) >= 11 is 3.40. The van der Waals surface area contributed by atoms with Crippen molar-refractivity contribution in [1.82, 2.24) is 5.32 Å². The van der Waals surface area contributed by atoms with Crippen molar-refractivity contribution in [3.63, 3.8) is 0 Å². The third-order valence-electron chi connectivity index (χ3n) is 2.41. The molecular formula is C14H19BrN2O2. The maximum Gasteiger partial charge on any atom is 0.260 e. The second-order valence-corrected chi connectivity index (χ2v) is 5.42. The zero-order valence-electron chi connectivity index (χ0n) is 11.2. The van der Waals surface area contributed by atoms with E-state index >= 15 is 0 Å². The lowest BCUT2D eigenvalue weighted by Gasteiger charge is -2.06. The zero-order chi connectivity index (χ0) is 14.1. The van der Waals surface area contributed by atoms with Gasteiger partial charge < -0.3 is 10.2 Å². The Morgan fingerprint density at radius 3 is 2.89 bits per heavy atom. The highest BCUT2D eigenvalue weighted by atomic mass is 79.9. The van der Waals surface area contributed by atoms with Crippen LogP contribution in [-0.2, 0) is 9.63 Å². The summed E-state index contributed by atoms with van der Waals surface area (Å²) in [7, 11) is 0. The minimum Gasteiger partial charge on any atom is -0.386 e. The number of hydrogen-bond donors (Lipinski definition) is 1. The predicted molar refractivity (Wildman–Crippen MR) is 80.2 cm³/mol. The van der Waals surface area contributed by atoms with Gasteiger partial charge in [-0.05, 0) is 18.4 Å². The molecule has 104 valence electrons. The smallest absolute Gasteiger partial charge is 0.260 e. The van der Waals surface area contributed by atoms with Crippen LogP contribution in [0.15, 0.2) is 33.9 Å². The molecule has 0 aliphatic heterocycles. The van der Waals surface area contributed by atoms with E-state index < -0.39 is 0 Å². The second kappa shape index (κ2) is 8.69. The maximum atomic E-state index is 11.4. The molecule has 0 bridgehead atoms. The van der Waals surface area contributed by atoms with Gasteiger partial charge in [0.1, 0.15) is 0 Å². The molecule has 0 saturated heterocycles. The van der Waals surface area contributed by atoms with Crippen molar-refractivity contribution in [3.8, 4) is 0 Å². The van der Waals surface area contributed by atoms with Crippen LogP contribution in [0.4, 0.5) is 0 Å². The second-order valence-electron chi connectivity index (χ2n) is 4.56. The standard InChI is InChI=1S/C14H19BrN2O2/c1-11(2)7-8-16-14(18)10-19-17-9-12-5-3-4-6-13(12)15/h3-6,9,11H,7-8,10H2,1-2H3,(H,16,18)/b17-9-. The van der Waals surface area contributed by atoms with Gasteiger partial charge in [0.15, 0.2) is 6.61 Å². The summed E-state index contributed by atoms with van der Waals surface area (Å²) in [5.74, 6) is 0.430. The summed E-state index contributed by atoms with van der Waals surface area (Å²) in [5.41, 5.74) is 0.905. The number of hydrogen-bond acceptors (Lipinski definition) is 3. The van der Waals surface area contributed by atoms with Gasteiger partial charge in [0.25, 0.3) is 5.91 Å². The van der Waals surface area contributed by atoms with Gasteiger partial charge in [-0.3, -0.25) is 4.79 Å². The Labute approximate surface area is 122 Å². The Morgan fingerprint density at radius 2 is 2.21 bits per heavy atom. The van der Waals surface area contributed by atoms with Crippen LogP contribution >= 0.6 is 15.9 Å². The van der Waals surface area contributed by atoms with Crippen molar-refractivity contribution in [1.29, 1.82) is 0 Å². The highest BCUT2D eigenvalue weighted by Gasteiger charge is 2.01. The fraction of sp³-hybridized carbons (Fsp3) is 0.429. The number of amides is 1. The molecule has 0 radical (unpaired) electrons. The van der Waals surface area contributed by atoms with E-state index in [-0.39, 0.29) is 12.5 Å². The molecule has 4 nitrogen and oxygen atoms in total. The molecule has 0 aliphatic rings. The van der Waals surface area contributed by atoms with Crippen molar-refractivity contribution >= 4 is 28.1 Å². The number of carbonyl (C=O) groups is 1. The molecule has 0 aliphatic carbocycles. The molecule has 0 aromatic heterocycles. The first kappa shape index (κ1) is 15.7. The molecule has 0 fully saturated rings. The highest BCUT2D eigenvalue weighted by Crippen LogP contribution is 2.13. The van der Waals surface area contributed by atoms with Gasteiger partial charge in [0, 0.05) is 16.6 Å². The first-order valence-electron chi connectivity index (χ1n) is 6.26. The molecule has 0 atom stereocenters. The van der Waals surface area contributed by atoms with Gasteiger partial charge in [0.05, 0.1) is 6.21 Å². The van der Waals surface area contributed by atoms with Gasteiger partial charge in [-0.1, -0.05) is 53.1 Å². The van der Waals surface area contributed by atoms with E-state index in [4.69, 9.17) is 4.84 Å². The number of nitrogens with zero attached hydrogens (tertiary/aromatic N) is 1. The Morgan fingerprint density at radius 1 is 1.47 bits per heavy atom. The average Bonchev–Trinajstić information content (AvgIpc) is 2.36. The van der Waals surface area contributed by atoms with Crippen molar-refractivity contribution < 1.29 is 9.63 Å². The molecule has 0 heterocycles. The molecule has 5 heteroatoms. The molecular weight excluding hydrogens is 308 g/mol. The molecule has 1 aromatic rings. The van der Waals surface area contributed by atoms with Crippen LogP contribution in [-0.4, -0.2) is 25.3 Å². The third kappa shape index (κ3) is 6.96. The Hall–Kier alpha value is -1.36. The van der Waals surface area contributed by atoms with E-state index in [0.29, 0.717) is 12.5 Å². The van der Waals surface area contributed by atoms with E-state index in [2.05, 4.69) is 40.2 Å². The summed E-state index contributed by atoms with van der Waals surface area (Å²) in [5, 5.41) is 6.55. The zero-order valence-corrected chi connectivity index (χ0v) is 12.8. The molecule has 1 N–H and O–H groups in total. The third-order valence-corrected chi connectivity index (χ3v) is 3.13. The summed E-state index contributed by atoms with van der Waals surface area (Å²) in [6.45, 7) is 4.85. The fourth-order valence-electron chi connectivity index (χ4n) is 1.32. The van der Waals surface area contributed by atoms with Gasteiger partial charge in [-0.2, -0.15) is 0 Å². The van der Waals surface area contributed by atoms with E-state index in [0.717, 1.165) is 16.5 Å². The fourth-order valence-corrected chi connectivity index (χ4v) is 1.71. The molecule has 19 heavy (non-hydrogen) atoms. The van der Waals surface area contributed by atoms with Gasteiger partial charge in [-0.25, -0.2) is 0 Å². The van der Waals surface area contributed by atoms with Crippen LogP contribution in [0.5, 0.6) is 0 Å². The summed E-state index contributed by atoms with van der Waals surface area (Å²) in [6, 6.07) is 7.65. The predicted octanol–water partition coefficient (Wildman–Crippen LogP) is 2.96. The normalized spacial score (nSPS) is 10.9. The Bertz CT molecular complexity index is 433. The monoisotopic (exact) mass is 326 g/mol. The summed E-state index contributed by atoms with van der Waals surface area (Å²) in [4.78, 5) is 16.3. The Balaban J connectivity index is 2.23. The SMILES string of the molecule is CC(C)CCNC(=O)CO/N=C\c1ccccc1Br. The van der Waals surface area contributed by atoms with Crippen LogP contribution in [0.1, 0.15) is 25.8 Å². The van der Waals surface area contributed by atoms with Crippen molar-refractivity contribution in [3.05, 3.63) is 34.3 Å². The Kier molecular flexibility index (Phi) is 7.18. The van der Waals surface area contributed by atoms with Crippen LogP contribution in [0.25, 0.3) is 0 Å². The van der Waals surface area contributed by atoms with Gasteiger partial charge in [0.2, 0.25) is 0 Å². The van der Waals surface area contributed by atoms with Gasteiger partial charge >= 0.3 is 0 Å².